The molecule has 1 aliphatic rings. The smallest absolute Gasteiger partial charge is 0.364 e. The maximum Gasteiger partial charge on any atom is 0.364 e. The van der Waals surface area contributed by atoms with Crippen LogP contribution >= 0.6 is 0 Å². The predicted molar refractivity (Wildman–Crippen MR) is 135 cm³/mol. The van der Waals surface area contributed by atoms with E-state index >= 15 is 0 Å². The first-order valence-electron chi connectivity index (χ1n) is 12.4. The Kier molecular flexibility index (Phi) is 7.11. The number of esters is 1. The summed E-state index contributed by atoms with van der Waals surface area (Å²) >= 11 is 0. The molecule has 0 N–H and O–H groups in total. The van der Waals surface area contributed by atoms with E-state index in [4.69, 9.17) is 14.2 Å². The van der Waals surface area contributed by atoms with Crippen LogP contribution in [0.4, 0.5) is 0 Å². The van der Waals surface area contributed by atoms with Crippen molar-refractivity contribution < 1.29 is 19.0 Å². The highest BCUT2D eigenvalue weighted by atomic mass is 16.5. The Morgan fingerprint density at radius 1 is 1.06 bits per heavy atom. The van der Waals surface area contributed by atoms with Crippen molar-refractivity contribution >= 4 is 16.9 Å². The van der Waals surface area contributed by atoms with Crippen molar-refractivity contribution in [3.8, 4) is 11.6 Å². The molecule has 36 heavy (non-hydrogen) atoms. The summed E-state index contributed by atoms with van der Waals surface area (Å²) in [4.78, 5) is 17.0. The van der Waals surface area contributed by atoms with Gasteiger partial charge in [-0.3, -0.25) is 4.98 Å². The molecule has 2 aromatic heterocycles. The van der Waals surface area contributed by atoms with Gasteiger partial charge in [0, 0.05) is 11.6 Å². The van der Waals surface area contributed by atoms with Gasteiger partial charge in [0.05, 0.1) is 25.8 Å². The number of methoxy groups -OCH3 is 1. The molecule has 0 radical (unpaired) electrons. The van der Waals surface area contributed by atoms with Crippen LogP contribution in [-0.4, -0.2) is 45.8 Å². The molecule has 1 aliphatic carbocycles. The fourth-order valence-corrected chi connectivity index (χ4v) is 4.78. The number of pyridine rings is 1. The molecule has 2 aromatic carbocycles. The largest absolute Gasteiger partial charge is 0.497 e. The van der Waals surface area contributed by atoms with Crippen LogP contribution in [-0.2, 0) is 11.3 Å². The molecule has 0 aliphatic heterocycles. The number of ether oxygens (including phenoxy) is 3. The molecular weight excluding hydrogens is 456 g/mol. The van der Waals surface area contributed by atoms with Gasteiger partial charge in [0.2, 0.25) is 11.6 Å². The van der Waals surface area contributed by atoms with E-state index in [-0.39, 0.29) is 18.4 Å². The van der Waals surface area contributed by atoms with Gasteiger partial charge in [0.25, 0.3) is 0 Å². The molecule has 8 nitrogen and oxygen atoms in total. The van der Waals surface area contributed by atoms with Crippen LogP contribution in [0.15, 0.2) is 60.8 Å². The van der Waals surface area contributed by atoms with E-state index in [1.54, 1.807) is 18.7 Å². The van der Waals surface area contributed by atoms with Crippen LogP contribution in [0, 0.1) is 0 Å². The molecule has 4 aromatic rings. The zero-order chi connectivity index (χ0) is 24.9. The summed E-state index contributed by atoms with van der Waals surface area (Å²) in [7, 11) is 1.63. The maximum absolute atomic E-state index is 12.6. The molecule has 0 saturated heterocycles. The summed E-state index contributed by atoms with van der Waals surface area (Å²) in [6.07, 6.45) is 5.57. The Morgan fingerprint density at radius 3 is 2.61 bits per heavy atom. The highest BCUT2D eigenvalue weighted by Crippen LogP contribution is 2.36. The van der Waals surface area contributed by atoms with Gasteiger partial charge in [-0.15, -0.1) is 5.10 Å². The molecular formula is C28H30N4O4. The molecule has 0 atom stereocenters. The lowest BCUT2D eigenvalue weighted by atomic mass is 9.82. The number of fused-ring (bicyclic) bond motifs is 1. The van der Waals surface area contributed by atoms with Crippen molar-refractivity contribution in [2.45, 2.75) is 51.2 Å². The lowest BCUT2D eigenvalue weighted by molar-refractivity contribution is 0.0507. The number of carbonyl (C=O) groups excluding carboxylic acids is 1. The van der Waals surface area contributed by atoms with Gasteiger partial charge in [-0.1, -0.05) is 29.5 Å². The van der Waals surface area contributed by atoms with Crippen molar-refractivity contribution in [2.75, 3.05) is 13.7 Å². The Balaban J connectivity index is 1.30. The molecule has 0 amide bonds. The van der Waals surface area contributed by atoms with Crippen LogP contribution in [0.5, 0.6) is 11.6 Å². The minimum atomic E-state index is -0.521. The van der Waals surface area contributed by atoms with E-state index in [9.17, 15) is 4.79 Å². The highest BCUT2D eigenvalue weighted by molar-refractivity contribution is 5.89. The van der Waals surface area contributed by atoms with Gasteiger partial charge in [-0.25, -0.2) is 9.48 Å². The van der Waals surface area contributed by atoms with Crippen molar-refractivity contribution in [2.24, 2.45) is 0 Å². The first kappa shape index (κ1) is 23.8. The van der Waals surface area contributed by atoms with Crippen LogP contribution in [0.2, 0.25) is 0 Å². The molecule has 8 heteroatoms. The number of carbonyl (C=O) groups is 1. The maximum atomic E-state index is 12.6. The molecule has 1 saturated carbocycles. The quantitative estimate of drug-likeness (QED) is 0.318. The number of nitrogens with zero attached hydrogens (tertiary/aromatic N) is 4. The van der Waals surface area contributed by atoms with E-state index in [0.717, 1.165) is 42.5 Å². The lowest BCUT2D eigenvalue weighted by Crippen LogP contribution is -2.25. The SMILES string of the molecule is CCOC(=O)c1nnn(Cc2ccc(OC)cc2)c1OC1CCC(c2ccc3ncccc3c2)CC1. The molecule has 186 valence electrons. The Morgan fingerprint density at radius 2 is 1.86 bits per heavy atom. The zero-order valence-corrected chi connectivity index (χ0v) is 20.6. The van der Waals surface area contributed by atoms with Crippen LogP contribution in [0.1, 0.15) is 60.1 Å². The third kappa shape index (κ3) is 5.17. The molecule has 1 fully saturated rings. The van der Waals surface area contributed by atoms with Gasteiger partial charge in [0.15, 0.2) is 0 Å². The topological polar surface area (TPSA) is 88.4 Å². The fourth-order valence-electron chi connectivity index (χ4n) is 4.78. The summed E-state index contributed by atoms with van der Waals surface area (Å²) in [5, 5.41) is 9.49. The summed E-state index contributed by atoms with van der Waals surface area (Å²) in [5.41, 5.74) is 3.47. The second kappa shape index (κ2) is 10.8. The molecule has 0 bridgehead atoms. The van der Waals surface area contributed by atoms with E-state index in [2.05, 4.69) is 39.6 Å². The molecule has 0 spiro atoms. The average Bonchev–Trinajstić information content (AvgIpc) is 3.31. The van der Waals surface area contributed by atoms with Crippen molar-refractivity contribution in [3.05, 3.63) is 77.6 Å². The van der Waals surface area contributed by atoms with Crippen molar-refractivity contribution in [3.63, 3.8) is 0 Å². The van der Waals surface area contributed by atoms with E-state index in [0.29, 0.717) is 18.3 Å². The minimum absolute atomic E-state index is 0.0235. The van der Waals surface area contributed by atoms with Crippen molar-refractivity contribution in [1.29, 1.82) is 0 Å². The Hall–Kier alpha value is -3.94. The van der Waals surface area contributed by atoms with Crippen molar-refractivity contribution in [1.82, 2.24) is 20.0 Å². The average molecular weight is 487 g/mol. The predicted octanol–water partition coefficient (Wildman–Crippen LogP) is 5.17. The Bertz CT molecular complexity index is 1330. The van der Waals surface area contributed by atoms with Gasteiger partial charge in [0.1, 0.15) is 11.9 Å². The highest BCUT2D eigenvalue weighted by Gasteiger charge is 2.29. The van der Waals surface area contributed by atoms with E-state index < -0.39 is 5.97 Å². The standard InChI is InChI=1S/C28H30N4O4/c1-3-35-28(33)26-27(32(31-30-26)18-19-6-11-23(34-2)12-7-19)36-24-13-8-20(9-14-24)21-10-15-25-22(17-21)5-4-16-29-25/h4-7,10-12,15-17,20,24H,3,8-9,13-14,18H2,1-2H3. The van der Waals surface area contributed by atoms with Gasteiger partial charge in [-0.05, 0) is 80.0 Å². The minimum Gasteiger partial charge on any atom is -0.497 e. The van der Waals surface area contributed by atoms with Crippen LogP contribution < -0.4 is 9.47 Å². The summed E-state index contributed by atoms with van der Waals surface area (Å²) < 4.78 is 18.5. The second-order valence-corrected chi connectivity index (χ2v) is 9.02. The molecule has 0 unspecified atom stereocenters. The first-order valence-corrected chi connectivity index (χ1v) is 12.4. The number of rotatable bonds is 8. The number of benzene rings is 2. The molecule has 5 rings (SSSR count). The summed E-state index contributed by atoms with van der Waals surface area (Å²) in [6.45, 7) is 2.45. The van der Waals surface area contributed by atoms with Crippen LogP contribution in [0.3, 0.4) is 0 Å². The fraction of sp³-hybridized carbons (Fsp3) is 0.357. The third-order valence-corrected chi connectivity index (χ3v) is 6.70. The van der Waals surface area contributed by atoms with E-state index in [1.807, 2.05) is 36.5 Å². The normalized spacial score (nSPS) is 17.6. The Labute approximate surface area is 210 Å². The van der Waals surface area contributed by atoms with E-state index in [1.165, 1.54) is 10.9 Å². The number of aromatic nitrogens is 4. The van der Waals surface area contributed by atoms with Gasteiger partial charge < -0.3 is 14.2 Å². The second-order valence-electron chi connectivity index (χ2n) is 9.02. The van der Waals surface area contributed by atoms with Gasteiger partial charge in [-0.2, -0.15) is 0 Å². The third-order valence-electron chi connectivity index (χ3n) is 6.70. The summed E-state index contributed by atoms with van der Waals surface area (Å²) in [5.74, 6) is 1.10. The monoisotopic (exact) mass is 486 g/mol. The first-order chi connectivity index (χ1) is 17.6. The van der Waals surface area contributed by atoms with Crippen LogP contribution in [0.25, 0.3) is 10.9 Å². The zero-order valence-electron chi connectivity index (χ0n) is 20.6. The summed E-state index contributed by atoms with van der Waals surface area (Å²) in [6, 6.07) is 18.3. The molecule has 2 heterocycles. The van der Waals surface area contributed by atoms with Gasteiger partial charge >= 0.3 is 5.97 Å². The number of hydrogen-bond donors (Lipinski definition) is 0. The number of hydrogen-bond acceptors (Lipinski definition) is 7. The lowest BCUT2D eigenvalue weighted by Gasteiger charge is -2.29.